The fourth-order valence-corrected chi connectivity index (χ4v) is 3.27. The number of amides is 1. The van der Waals surface area contributed by atoms with Gasteiger partial charge in [-0.25, -0.2) is 8.78 Å². The molecule has 0 saturated carbocycles. The van der Waals surface area contributed by atoms with Crippen LogP contribution in [0.15, 0.2) is 47.5 Å². The van der Waals surface area contributed by atoms with Crippen molar-refractivity contribution in [2.45, 2.75) is 18.7 Å². The first-order valence-electron chi connectivity index (χ1n) is 9.23. The van der Waals surface area contributed by atoms with Gasteiger partial charge in [-0.1, -0.05) is 18.2 Å². The summed E-state index contributed by atoms with van der Waals surface area (Å²) in [5.41, 5.74) is 2.72. The van der Waals surface area contributed by atoms with Crippen LogP contribution in [0.5, 0.6) is 0 Å². The minimum atomic E-state index is -0.321. The molecule has 0 radical (unpaired) electrons. The van der Waals surface area contributed by atoms with Gasteiger partial charge in [-0.05, 0) is 47.2 Å². The SMILES string of the molecule is CN=C(NCCNC(=O)Cc1ccc(F)cc1)NCc1ccc(F)cc1CSC.I. The zero-order chi connectivity index (χ0) is 21.1. The van der Waals surface area contributed by atoms with Gasteiger partial charge in [0.25, 0.3) is 0 Å². The fourth-order valence-electron chi connectivity index (χ4n) is 2.69. The van der Waals surface area contributed by atoms with Gasteiger partial charge in [0.2, 0.25) is 5.91 Å². The first-order chi connectivity index (χ1) is 14.0. The molecular formula is C21H27F2IN4OS. The second-order valence-corrected chi connectivity index (χ2v) is 7.22. The number of aliphatic imine (C=N–C) groups is 1. The summed E-state index contributed by atoms with van der Waals surface area (Å²) in [6.07, 6.45) is 2.18. The number of nitrogens with one attached hydrogen (secondary N) is 3. The minimum absolute atomic E-state index is 0. The molecule has 2 aromatic rings. The van der Waals surface area contributed by atoms with Gasteiger partial charge in [-0.15, -0.1) is 24.0 Å². The van der Waals surface area contributed by atoms with E-state index < -0.39 is 0 Å². The van der Waals surface area contributed by atoms with Crippen LogP contribution >= 0.6 is 35.7 Å². The third-order valence-corrected chi connectivity index (χ3v) is 4.76. The lowest BCUT2D eigenvalue weighted by atomic mass is 10.1. The molecule has 0 aliphatic heterocycles. The highest BCUT2D eigenvalue weighted by Gasteiger charge is 2.06. The number of carbonyl (C=O) groups excluding carboxylic acids is 1. The van der Waals surface area contributed by atoms with Crippen molar-refractivity contribution in [1.82, 2.24) is 16.0 Å². The van der Waals surface area contributed by atoms with E-state index in [4.69, 9.17) is 0 Å². The van der Waals surface area contributed by atoms with E-state index in [9.17, 15) is 13.6 Å². The van der Waals surface area contributed by atoms with Crippen LogP contribution in [-0.2, 0) is 23.5 Å². The van der Waals surface area contributed by atoms with Gasteiger partial charge in [0.15, 0.2) is 5.96 Å². The third-order valence-electron chi connectivity index (χ3n) is 4.16. The van der Waals surface area contributed by atoms with Crippen molar-refractivity contribution in [2.24, 2.45) is 4.99 Å². The molecule has 5 nitrogen and oxygen atoms in total. The van der Waals surface area contributed by atoms with Crippen LogP contribution in [0.1, 0.15) is 16.7 Å². The Morgan fingerprint density at radius 1 is 0.967 bits per heavy atom. The maximum Gasteiger partial charge on any atom is 0.224 e. The molecule has 30 heavy (non-hydrogen) atoms. The average Bonchev–Trinajstić information content (AvgIpc) is 2.70. The molecule has 0 heterocycles. The summed E-state index contributed by atoms with van der Waals surface area (Å²) in [5, 5.41) is 9.13. The number of nitrogens with zero attached hydrogens (tertiary/aromatic N) is 1. The van der Waals surface area contributed by atoms with Crippen molar-refractivity contribution in [1.29, 1.82) is 0 Å². The van der Waals surface area contributed by atoms with Crippen molar-refractivity contribution in [2.75, 3.05) is 26.4 Å². The lowest BCUT2D eigenvalue weighted by molar-refractivity contribution is -0.120. The van der Waals surface area contributed by atoms with Gasteiger partial charge < -0.3 is 16.0 Å². The molecule has 2 aromatic carbocycles. The lowest BCUT2D eigenvalue weighted by Crippen LogP contribution is -2.41. The molecule has 0 unspecified atom stereocenters. The molecule has 0 aromatic heterocycles. The number of hydrogen-bond acceptors (Lipinski definition) is 3. The Labute approximate surface area is 197 Å². The summed E-state index contributed by atoms with van der Waals surface area (Å²) in [4.78, 5) is 16.1. The third kappa shape index (κ3) is 9.29. The molecular weight excluding hydrogens is 521 g/mol. The average molecular weight is 548 g/mol. The predicted octanol–water partition coefficient (Wildman–Crippen LogP) is 3.47. The van der Waals surface area contributed by atoms with E-state index in [1.54, 1.807) is 43.1 Å². The van der Waals surface area contributed by atoms with Gasteiger partial charge in [-0.3, -0.25) is 9.79 Å². The Morgan fingerprint density at radius 3 is 2.30 bits per heavy atom. The van der Waals surface area contributed by atoms with Gasteiger partial charge in [0.05, 0.1) is 6.42 Å². The molecule has 0 aliphatic rings. The Kier molecular flexibility index (Phi) is 12.4. The molecule has 1 amide bonds. The van der Waals surface area contributed by atoms with Crippen molar-refractivity contribution >= 4 is 47.6 Å². The van der Waals surface area contributed by atoms with E-state index in [-0.39, 0.29) is 47.9 Å². The molecule has 0 saturated heterocycles. The van der Waals surface area contributed by atoms with Crippen LogP contribution < -0.4 is 16.0 Å². The standard InChI is InChI=1S/C21H26F2N4OS.HI/c1-24-21(27-13-16-5-8-19(23)12-17(16)14-29-2)26-10-9-25-20(28)11-15-3-6-18(22)7-4-15;/h3-8,12H,9-11,13-14H2,1-2H3,(H,25,28)(H2,24,26,27);1H. The van der Waals surface area contributed by atoms with E-state index in [0.29, 0.717) is 25.6 Å². The van der Waals surface area contributed by atoms with Crippen LogP contribution in [0.3, 0.4) is 0 Å². The topological polar surface area (TPSA) is 65.5 Å². The summed E-state index contributed by atoms with van der Waals surface area (Å²) >= 11 is 1.64. The summed E-state index contributed by atoms with van der Waals surface area (Å²) in [6, 6.07) is 10.7. The van der Waals surface area contributed by atoms with E-state index in [2.05, 4.69) is 20.9 Å². The summed E-state index contributed by atoms with van der Waals surface area (Å²) in [6.45, 7) is 1.44. The summed E-state index contributed by atoms with van der Waals surface area (Å²) < 4.78 is 26.3. The molecule has 2 rings (SSSR count). The van der Waals surface area contributed by atoms with Crippen molar-refractivity contribution < 1.29 is 13.6 Å². The molecule has 0 spiro atoms. The predicted molar refractivity (Wildman–Crippen MR) is 130 cm³/mol. The largest absolute Gasteiger partial charge is 0.355 e. The maximum atomic E-state index is 13.4. The number of thioether (sulfide) groups is 1. The highest BCUT2D eigenvalue weighted by atomic mass is 127. The molecule has 3 N–H and O–H groups in total. The number of halogens is 3. The first-order valence-corrected chi connectivity index (χ1v) is 10.6. The zero-order valence-corrected chi connectivity index (χ0v) is 20.2. The highest BCUT2D eigenvalue weighted by molar-refractivity contribution is 14.0. The molecule has 0 aliphatic carbocycles. The number of rotatable bonds is 9. The highest BCUT2D eigenvalue weighted by Crippen LogP contribution is 2.16. The Bertz CT molecular complexity index is 834. The van der Waals surface area contributed by atoms with Crippen molar-refractivity contribution in [3.63, 3.8) is 0 Å². The monoisotopic (exact) mass is 548 g/mol. The summed E-state index contributed by atoms with van der Waals surface area (Å²) in [5.74, 6) is 0.641. The Morgan fingerprint density at radius 2 is 1.63 bits per heavy atom. The minimum Gasteiger partial charge on any atom is -0.355 e. The molecule has 0 fully saturated rings. The normalized spacial score (nSPS) is 10.9. The van der Waals surface area contributed by atoms with Crippen LogP contribution in [0.4, 0.5) is 8.78 Å². The van der Waals surface area contributed by atoms with Crippen molar-refractivity contribution in [3.05, 3.63) is 70.8 Å². The molecule has 9 heteroatoms. The Balaban J connectivity index is 0.00000450. The Hall–Kier alpha value is -1.88. The van der Waals surface area contributed by atoms with Crippen molar-refractivity contribution in [3.8, 4) is 0 Å². The van der Waals surface area contributed by atoms with E-state index in [0.717, 1.165) is 22.4 Å². The molecule has 0 atom stereocenters. The van der Waals surface area contributed by atoms with Crippen LogP contribution in [-0.4, -0.2) is 38.3 Å². The number of benzene rings is 2. The van der Waals surface area contributed by atoms with Gasteiger partial charge in [0.1, 0.15) is 11.6 Å². The fraction of sp³-hybridized carbons (Fsp3) is 0.333. The zero-order valence-electron chi connectivity index (χ0n) is 17.0. The smallest absolute Gasteiger partial charge is 0.224 e. The van der Waals surface area contributed by atoms with Crippen LogP contribution in [0, 0.1) is 11.6 Å². The van der Waals surface area contributed by atoms with E-state index in [1.807, 2.05) is 6.26 Å². The van der Waals surface area contributed by atoms with Crippen LogP contribution in [0.2, 0.25) is 0 Å². The van der Waals surface area contributed by atoms with E-state index in [1.165, 1.54) is 18.2 Å². The number of guanidine groups is 1. The lowest BCUT2D eigenvalue weighted by Gasteiger charge is -2.14. The quantitative estimate of drug-likeness (QED) is 0.195. The van der Waals surface area contributed by atoms with Crippen LogP contribution in [0.25, 0.3) is 0 Å². The van der Waals surface area contributed by atoms with Gasteiger partial charge in [-0.2, -0.15) is 11.8 Å². The first kappa shape index (κ1) is 26.2. The number of hydrogen-bond donors (Lipinski definition) is 3. The summed E-state index contributed by atoms with van der Waals surface area (Å²) in [7, 11) is 1.66. The van der Waals surface area contributed by atoms with Gasteiger partial charge in [0, 0.05) is 32.4 Å². The van der Waals surface area contributed by atoms with Gasteiger partial charge >= 0.3 is 0 Å². The maximum absolute atomic E-state index is 13.4. The second-order valence-electron chi connectivity index (χ2n) is 6.35. The second kappa shape index (κ2) is 14.2. The van der Waals surface area contributed by atoms with E-state index >= 15 is 0 Å². The molecule has 164 valence electrons. The molecule has 0 bridgehead atoms. The number of carbonyl (C=O) groups is 1.